The highest BCUT2D eigenvalue weighted by atomic mass is 35.5. The second-order valence-corrected chi connectivity index (χ2v) is 3.87. The lowest BCUT2D eigenvalue weighted by Gasteiger charge is -2.21. The summed E-state index contributed by atoms with van der Waals surface area (Å²) in [6.45, 7) is 1.97. The largest absolute Gasteiger partial charge is 1.00 e. The fourth-order valence-corrected chi connectivity index (χ4v) is 1.61. The van der Waals surface area contributed by atoms with E-state index < -0.39 is 11.9 Å². The minimum atomic E-state index is -0.564. The second kappa shape index (κ2) is 9.91. The standard InChI is InChI=1S/C12H18O5.ClH/c1-15-11(13)2-3-12(14)17-9-6-10-4-7-16-8-5-10;/h2-3,10H,4-9H2,1H3;1H/p-1/b3-2+;. The number of esters is 2. The summed E-state index contributed by atoms with van der Waals surface area (Å²) in [4.78, 5) is 21.9. The van der Waals surface area contributed by atoms with Gasteiger partial charge in [-0.25, -0.2) is 9.59 Å². The number of rotatable bonds is 5. The van der Waals surface area contributed by atoms with Crippen LogP contribution in [0.15, 0.2) is 12.2 Å². The molecule has 0 unspecified atom stereocenters. The van der Waals surface area contributed by atoms with Crippen LogP contribution in [0.25, 0.3) is 0 Å². The fraction of sp³-hybridized carbons (Fsp3) is 0.667. The number of hydrogen-bond acceptors (Lipinski definition) is 5. The fourth-order valence-electron chi connectivity index (χ4n) is 1.61. The van der Waals surface area contributed by atoms with Crippen molar-refractivity contribution in [1.29, 1.82) is 0 Å². The van der Waals surface area contributed by atoms with Crippen LogP contribution in [-0.2, 0) is 23.8 Å². The molecule has 0 atom stereocenters. The van der Waals surface area contributed by atoms with Gasteiger partial charge in [0.1, 0.15) is 0 Å². The average molecular weight is 278 g/mol. The summed E-state index contributed by atoms with van der Waals surface area (Å²) < 4.78 is 14.6. The van der Waals surface area contributed by atoms with Gasteiger partial charge in [-0.05, 0) is 25.2 Å². The Bertz CT molecular complexity index is 284. The van der Waals surface area contributed by atoms with E-state index in [1.165, 1.54) is 7.11 Å². The first-order chi connectivity index (χ1) is 8.22. The van der Waals surface area contributed by atoms with Gasteiger partial charge in [-0.15, -0.1) is 0 Å². The molecule has 1 aliphatic rings. The summed E-state index contributed by atoms with van der Waals surface area (Å²) in [5, 5.41) is 0. The van der Waals surface area contributed by atoms with Crippen molar-refractivity contribution in [2.45, 2.75) is 19.3 Å². The van der Waals surface area contributed by atoms with Crippen LogP contribution in [0, 0.1) is 5.92 Å². The van der Waals surface area contributed by atoms with Crippen LogP contribution < -0.4 is 12.4 Å². The predicted octanol–water partition coefficient (Wildman–Crippen LogP) is -1.92. The topological polar surface area (TPSA) is 61.8 Å². The second-order valence-electron chi connectivity index (χ2n) is 3.87. The highest BCUT2D eigenvalue weighted by Gasteiger charge is 2.13. The SMILES string of the molecule is COC(=O)/C=C/C(=O)OCCC1CCOCC1.[Cl-]. The molecule has 1 rings (SSSR count). The molecule has 1 saturated heterocycles. The van der Waals surface area contributed by atoms with Crippen LogP contribution in [0.3, 0.4) is 0 Å². The number of carbonyl (C=O) groups is 2. The first kappa shape index (κ1) is 16.9. The molecule has 18 heavy (non-hydrogen) atoms. The third-order valence-corrected chi connectivity index (χ3v) is 2.67. The molecule has 0 radical (unpaired) electrons. The van der Waals surface area contributed by atoms with Crippen LogP contribution in [-0.4, -0.2) is 38.9 Å². The zero-order valence-electron chi connectivity index (χ0n) is 10.4. The van der Waals surface area contributed by atoms with E-state index in [0.717, 1.165) is 44.6 Å². The monoisotopic (exact) mass is 277 g/mol. The highest BCUT2D eigenvalue weighted by Crippen LogP contribution is 2.18. The minimum Gasteiger partial charge on any atom is -1.00 e. The van der Waals surface area contributed by atoms with Gasteiger partial charge in [0.2, 0.25) is 0 Å². The first-order valence-electron chi connectivity index (χ1n) is 5.73. The maximum absolute atomic E-state index is 11.2. The smallest absolute Gasteiger partial charge is 0.331 e. The third kappa shape index (κ3) is 7.29. The molecule has 104 valence electrons. The Morgan fingerprint density at radius 1 is 1.22 bits per heavy atom. The summed E-state index contributed by atoms with van der Waals surface area (Å²) in [5.74, 6) is -0.505. The maximum Gasteiger partial charge on any atom is 0.331 e. The van der Waals surface area contributed by atoms with Gasteiger partial charge in [0, 0.05) is 25.4 Å². The van der Waals surface area contributed by atoms with E-state index >= 15 is 0 Å². The highest BCUT2D eigenvalue weighted by molar-refractivity contribution is 5.91. The van der Waals surface area contributed by atoms with Crippen LogP contribution in [0.5, 0.6) is 0 Å². The van der Waals surface area contributed by atoms with Crippen LogP contribution in [0.2, 0.25) is 0 Å². The number of ether oxygens (including phenoxy) is 3. The molecule has 0 bridgehead atoms. The Morgan fingerprint density at radius 2 is 1.83 bits per heavy atom. The molecule has 0 aromatic heterocycles. The van der Waals surface area contributed by atoms with Crippen molar-refractivity contribution in [1.82, 2.24) is 0 Å². The number of halogens is 1. The molecule has 6 heteroatoms. The molecule has 5 nitrogen and oxygen atoms in total. The Kier molecular flexibility index (Phi) is 9.32. The first-order valence-corrected chi connectivity index (χ1v) is 5.73. The summed E-state index contributed by atoms with van der Waals surface area (Å²) in [5.41, 5.74) is 0. The lowest BCUT2D eigenvalue weighted by molar-refractivity contribution is -0.139. The molecule has 0 N–H and O–H groups in total. The van der Waals surface area contributed by atoms with Crippen molar-refractivity contribution in [3.05, 3.63) is 12.2 Å². The van der Waals surface area contributed by atoms with E-state index in [1.54, 1.807) is 0 Å². The number of methoxy groups -OCH3 is 1. The molecule has 1 fully saturated rings. The molecule has 0 aliphatic carbocycles. The zero-order valence-corrected chi connectivity index (χ0v) is 11.1. The summed E-state index contributed by atoms with van der Waals surface area (Å²) in [7, 11) is 1.25. The Balaban J connectivity index is 0.00000289. The van der Waals surface area contributed by atoms with Crippen molar-refractivity contribution >= 4 is 11.9 Å². The summed E-state index contributed by atoms with van der Waals surface area (Å²) in [6, 6.07) is 0. The molecule has 0 amide bonds. The van der Waals surface area contributed by atoms with Crippen molar-refractivity contribution < 1.29 is 36.2 Å². The number of hydrogen-bond donors (Lipinski definition) is 0. The summed E-state index contributed by atoms with van der Waals surface area (Å²) >= 11 is 0. The lowest BCUT2D eigenvalue weighted by Crippen LogP contribution is -3.00. The molecule has 1 aliphatic heterocycles. The molecular formula is C12H18ClO5-. The van der Waals surface area contributed by atoms with Gasteiger partial charge in [-0.1, -0.05) is 0 Å². The van der Waals surface area contributed by atoms with Gasteiger partial charge in [0.15, 0.2) is 0 Å². The van der Waals surface area contributed by atoms with Gasteiger partial charge in [0.25, 0.3) is 0 Å². The molecule has 0 aromatic carbocycles. The molecule has 0 aromatic rings. The van der Waals surface area contributed by atoms with Crippen molar-refractivity contribution in [2.75, 3.05) is 26.9 Å². The quantitative estimate of drug-likeness (QED) is 0.433. The Morgan fingerprint density at radius 3 is 2.44 bits per heavy atom. The van der Waals surface area contributed by atoms with Gasteiger partial charge >= 0.3 is 11.9 Å². The lowest BCUT2D eigenvalue weighted by atomic mass is 9.97. The van der Waals surface area contributed by atoms with E-state index in [4.69, 9.17) is 9.47 Å². The average Bonchev–Trinajstić information content (AvgIpc) is 2.37. The molecule has 1 heterocycles. The van der Waals surface area contributed by atoms with Crippen molar-refractivity contribution in [2.24, 2.45) is 5.92 Å². The minimum absolute atomic E-state index is 0. The maximum atomic E-state index is 11.2. The van der Waals surface area contributed by atoms with Crippen molar-refractivity contribution in [3.63, 3.8) is 0 Å². The molecule has 0 spiro atoms. The Labute approximate surface area is 113 Å². The van der Waals surface area contributed by atoms with E-state index in [0.29, 0.717) is 12.5 Å². The third-order valence-electron chi connectivity index (χ3n) is 2.67. The van der Waals surface area contributed by atoms with E-state index in [1.807, 2.05) is 0 Å². The van der Waals surface area contributed by atoms with Gasteiger partial charge in [-0.3, -0.25) is 0 Å². The van der Waals surface area contributed by atoms with Gasteiger partial charge in [-0.2, -0.15) is 0 Å². The Hall–Kier alpha value is -1.07. The summed E-state index contributed by atoms with van der Waals surface area (Å²) in [6.07, 6.45) is 5.03. The molecule has 0 saturated carbocycles. The van der Waals surface area contributed by atoms with E-state index in [2.05, 4.69) is 4.74 Å². The zero-order chi connectivity index (χ0) is 12.5. The van der Waals surface area contributed by atoms with E-state index in [9.17, 15) is 9.59 Å². The van der Waals surface area contributed by atoms with Crippen LogP contribution >= 0.6 is 0 Å². The normalized spacial score (nSPS) is 16.1. The molecular weight excluding hydrogens is 260 g/mol. The van der Waals surface area contributed by atoms with Crippen LogP contribution in [0.4, 0.5) is 0 Å². The van der Waals surface area contributed by atoms with E-state index in [-0.39, 0.29) is 12.4 Å². The van der Waals surface area contributed by atoms with Gasteiger partial charge < -0.3 is 26.6 Å². The number of carbonyl (C=O) groups excluding carboxylic acids is 2. The van der Waals surface area contributed by atoms with Gasteiger partial charge in [0.05, 0.1) is 13.7 Å². The van der Waals surface area contributed by atoms with Crippen LogP contribution in [0.1, 0.15) is 19.3 Å². The van der Waals surface area contributed by atoms with Crippen molar-refractivity contribution in [3.8, 4) is 0 Å². The predicted molar refractivity (Wildman–Crippen MR) is 60.3 cm³/mol.